The van der Waals surface area contributed by atoms with E-state index in [4.69, 9.17) is 11.6 Å². The van der Waals surface area contributed by atoms with Gasteiger partial charge in [0.05, 0.1) is 0 Å². The fourth-order valence-electron chi connectivity index (χ4n) is 2.51. The van der Waals surface area contributed by atoms with Crippen LogP contribution in [0, 0.1) is 5.92 Å². The fraction of sp³-hybridized carbons (Fsp3) is 0.462. The van der Waals surface area contributed by atoms with Gasteiger partial charge in [0, 0.05) is 16.3 Å². The summed E-state index contributed by atoms with van der Waals surface area (Å²) < 4.78 is 0. The van der Waals surface area contributed by atoms with Crippen molar-refractivity contribution in [1.29, 1.82) is 0 Å². The molecule has 0 N–H and O–H groups in total. The Bertz CT molecular complexity index is 430. The van der Waals surface area contributed by atoms with E-state index >= 15 is 0 Å². The number of allylic oxidation sites excluding steroid dienone is 2. The lowest BCUT2D eigenvalue weighted by Crippen LogP contribution is -2.16. The quantitative estimate of drug-likeness (QED) is 0.550. The van der Waals surface area contributed by atoms with Crippen LogP contribution in [0.1, 0.15) is 24.8 Å². The number of thioether (sulfide) groups is 1. The Labute approximate surface area is 105 Å². The molecule has 16 heavy (non-hydrogen) atoms. The molecule has 1 aromatic rings. The maximum Gasteiger partial charge on any atom is 0.130 e. The molecule has 2 heterocycles. The molecule has 0 fully saturated rings. The number of hydrogen-bond donors (Lipinski definition) is 0. The van der Waals surface area contributed by atoms with Crippen LogP contribution in [0.2, 0.25) is 5.15 Å². The minimum atomic E-state index is 0.617. The summed E-state index contributed by atoms with van der Waals surface area (Å²) in [5.41, 5.74) is 1.37. The summed E-state index contributed by atoms with van der Waals surface area (Å²) in [6.45, 7) is 0. The highest BCUT2D eigenvalue weighted by atomic mass is 35.5. The fourth-order valence-corrected chi connectivity index (χ4v) is 4.19. The minimum Gasteiger partial charge on any atom is -0.244 e. The predicted molar refractivity (Wildman–Crippen MR) is 69.1 cm³/mol. The summed E-state index contributed by atoms with van der Waals surface area (Å²) >= 11 is 7.90. The van der Waals surface area contributed by atoms with Gasteiger partial charge >= 0.3 is 0 Å². The van der Waals surface area contributed by atoms with E-state index in [2.05, 4.69) is 17.1 Å². The number of rotatable bonds is 1. The SMILES string of the molecule is Clc1cc2c(cn1)CC(C1C=CCCC1)S2. The molecule has 0 bridgehead atoms. The second-order valence-electron chi connectivity index (χ2n) is 4.50. The average molecular weight is 252 g/mol. The van der Waals surface area contributed by atoms with Gasteiger partial charge in [-0.2, -0.15) is 0 Å². The lowest BCUT2D eigenvalue weighted by molar-refractivity contribution is 0.521. The highest BCUT2D eigenvalue weighted by Crippen LogP contribution is 2.43. The Morgan fingerprint density at radius 2 is 2.38 bits per heavy atom. The van der Waals surface area contributed by atoms with E-state index in [1.807, 2.05) is 24.0 Å². The van der Waals surface area contributed by atoms with E-state index in [1.54, 1.807) is 0 Å². The van der Waals surface area contributed by atoms with Crippen molar-refractivity contribution in [3.8, 4) is 0 Å². The summed E-state index contributed by atoms with van der Waals surface area (Å²) in [5.74, 6) is 0.741. The minimum absolute atomic E-state index is 0.617. The monoisotopic (exact) mass is 251 g/mol. The van der Waals surface area contributed by atoms with Crippen molar-refractivity contribution >= 4 is 23.4 Å². The highest BCUT2D eigenvalue weighted by molar-refractivity contribution is 8.00. The molecule has 84 valence electrons. The zero-order valence-corrected chi connectivity index (χ0v) is 10.6. The first kappa shape index (κ1) is 10.7. The zero-order valence-electron chi connectivity index (χ0n) is 9.03. The summed E-state index contributed by atoms with van der Waals surface area (Å²) in [6, 6.07) is 2.01. The van der Waals surface area contributed by atoms with Crippen molar-refractivity contribution in [3.05, 3.63) is 35.1 Å². The molecule has 1 aromatic heterocycles. The number of halogens is 1. The molecule has 0 saturated carbocycles. The smallest absolute Gasteiger partial charge is 0.130 e. The van der Waals surface area contributed by atoms with Gasteiger partial charge in [-0.1, -0.05) is 23.8 Å². The first-order valence-corrected chi connectivity index (χ1v) is 7.06. The van der Waals surface area contributed by atoms with Gasteiger partial charge in [0.2, 0.25) is 0 Å². The Morgan fingerprint density at radius 1 is 1.44 bits per heavy atom. The van der Waals surface area contributed by atoms with Gasteiger partial charge in [-0.3, -0.25) is 0 Å². The molecule has 0 spiro atoms. The van der Waals surface area contributed by atoms with Gasteiger partial charge in [0.25, 0.3) is 0 Å². The Balaban J connectivity index is 1.79. The first-order valence-electron chi connectivity index (χ1n) is 5.80. The number of nitrogens with zero attached hydrogens (tertiary/aromatic N) is 1. The van der Waals surface area contributed by atoms with Crippen molar-refractivity contribution in [3.63, 3.8) is 0 Å². The van der Waals surface area contributed by atoms with Crippen molar-refractivity contribution in [2.24, 2.45) is 5.92 Å². The Kier molecular flexibility index (Phi) is 2.95. The summed E-state index contributed by atoms with van der Waals surface area (Å²) in [6.07, 6.45) is 11.8. The number of fused-ring (bicyclic) bond motifs is 1. The van der Waals surface area contributed by atoms with Crippen LogP contribution in [-0.4, -0.2) is 10.2 Å². The zero-order chi connectivity index (χ0) is 11.0. The van der Waals surface area contributed by atoms with E-state index < -0.39 is 0 Å². The molecule has 0 aromatic carbocycles. The lowest BCUT2D eigenvalue weighted by Gasteiger charge is -2.21. The van der Waals surface area contributed by atoms with E-state index in [0.29, 0.717) is 10.4 Å². The van der Waals surface area contributed by atoms with Crippen LogP contribution >= 0.6 is 23.4 Å². The second-order valence-corrected chi connectivity index (χ2v) is 6.17. The Morgan fingerprint density at radius 3 is 3.19 bits per heavy atom. The van der Waals surface area contributed by atoms with Crippen LogP contribution in [0.4, 0.5) is 0 Å². The van der Waals surface area contributed by atoms with Gasteiger partial charge in [0.15, 0.2) is 0 Å². The number of pyridine rings is 1. The summed E-state index contributed by atoms with van der Waals surface area (Å²) in [7, 11) is 0. The van der Waals surface area contributed by atoms with Gasteiger partial charge in [-0.05, 0) is 43.2 Å². The molecule has 0 radical (unpaired) electrons. The largest absolute Gasteiger partial charge is 0.244 e. The third-order valence-electron chi connectivity index (χ3n) is 3.38. The standard InChI is InChI=1S/C13H14ClNS/c14-13-7-12-10(8-15-13)6-11(16-12)9-4-2-1-3-5-9/h2,4,7-9,11H,1,3,5-6H2. The molecule has 1 nitrogen and oxygen atoms in total. The van der Waals surface area contributed by atoms with Crippen molar-refractivity contribution in [2.75, 3.05) is 0 Å². The topological polar surface area (TPSA) is 12.9 Å². The lowest BCUT2D eigenvalue weighted by atomic mass is 9.90. The Hall–Kier alpha value is -0.470. The van der Waals surface area contributed by atoms with E-state index in [-0.39, 0.29) is 0 Å². The van der Waals surface area contributed by atoms with Gasteiger partial charge in [-0.25, -0.2) is 4.98 Å². The molecule has 1 aliphatic carbocycles. The molecule has 3 rings (SSSR count). The first-order chi connectivity index (χ1) is 7.83. The van der Waals surface area contributed by atoms with Crippen LogP contribution in [0.5, 0.6) is 0 Å². The number of hydrogen-bond acceptors (Lipinski definition) is 2. The van der Waals surface area contributed by atoms with E-state index in [9.17, 15) is 0 Å². The van der Waals surface area contributed by atoms with Crippen LogP contribution in [0.3, 0.4) is 0 Å². The molecule has 2 unspecified atom stereocenters. The summed E-state index contributed by atoms with van der Waals surface area (Å²) in [4.78, 5) is 5.50. The maximum atomic E-state index is 5.92. The van der Waals surface area contributed by atoms with Crippen molar-refractivity contribution in [1.82, 2.24) is 4.98 Å². The average Bonchev–Trinajstić information content (AvgIpc) is 2.73. The molecule has 0 saturated heterocycles. The van der Waals surface area contributed by atoms with E-state index in [1.165, 1.54) is 29.7 Å². The van der Waals surface area contributed by atoms with Crippen molar-refractivity contribution < 1.29 is 0 Å². The summed E-state index contributed by atoms with van der Waals surface area (Å²) in [5, 5.41) is 1.32. The van der Waals surface area contributed by atoms with Crippen molar-refractivity contribution in [2.45, 2.75) is 35.8 Å². The van der Waals surface area contributed by atoms with Gasteiger partial charge in [0.1, 0.15) is 5.15 Å². The molecule has 1 aliphatic heterocycles. The third kappa shape index (κ3) is 2.01. The van der Waals surface area contributed by atoms with Crippen LogP contribution in [-0.2, 0) is 6.42 Å². The molecule has 2 aliphatic rings. The number of aromatic nitrogens is 1. The van der Waals surface area contributed by atoms with Crippen LogP contribution < -0.4 is 0 Å². The predicted octanol–water partition coefficient (Wildman–Crippen LogP) is 4.11. The normalized spacial score (nSPS) is 28.1. The van der Waals surface area contributed by atoms with Crippen LogP contribution in [0.15, 0.2) is 29.3 Å². The van der Waals surface area contributed by atoms with Gasteiger partial charge < -0.3 is 0 Å². The van der Waals surface area contributed by atoms with Crippen LogP contribution in [0.25, 0.3) is 0 Å². The highest BCUT2D eigenvalue weighted by Gasteiger charge is 2.29. The molecule has 3 heteroatoms. The molecule has 0 amide bonds. The molecule has 2 atom stereocenters. The third-order valence-corrected chi connectivity index (χ3v) is 5.04. The maximum absolute atomic E-state index is 5.92. The second kappa shape index (κ2) is 4.42. The van der Waals surface area contributed by atoms with Gasteiger partial charge in [-0.15, -0.1) is 11.8 Å². The molecular weight excluding hydrogens is 238 g/mol. The van der Waals surface area contributed by atoms with E-state index in [0.717, 1.165) is 12.3 Å². The molecular formula is C13H14ClNS.